The first-order valence-corrected chi connectivity index (χ1v) is 6.35. The minimum atomic E-state index is -3.87. The molecular weight excluding hydrogens is 270 g/mol. The maximum Gasteiger partial charge on any atom is 0.333 e. The minimum absolute atomic E-state index is 0.0948. The SMILES string of the molecule is O=C(O)[C@@H](O)CNS(=O)(=O)c1cccc(Cl)c1. The van der Waals surface area contributed by atoms with Gasteiger partial charge in [-0.15, -0.1) is 0 Å². The van der Waals surface area contributed by atoms with Crippen molar-refractivity contribution in [1.82, 2.24) is 4.72 Å². The van der Waals surface area contributed by atoms with Gasteiger partial charge in [0.1, 0.15) is 0 Å². The molecule has 0 fully saturated rings. The van der Waals surface area contributed by atoms with E-state index in [4.69, 9.17) is 21.8 Å². The van der Waals surface area contributed by atoms with Crippen LogP contribution in [0.25, 0.3) is 0 Å². The quantitative estimate of drug-likeness (QED) is 0.707. The van der Waals surface area contributed by atoms with Crippen molar-refractivity contribution >= 4 is 27.6 Å². The lowest BCUT2D eigenvalue weighted by molar-refractivity contribution is -0.146. The molecule has 0 aromatic heterocycles. The smallest absolute Gasteiger partial charge is 0.333 e. The van der Waals surface area contributed by atoms with E-state index in [0.717, 1.165) is 0 Å². The fourth-order valence-corrected chi connectivity index (χ4v) is 2.33. The molecule has 1 atom stereocenters. The molecule has 1 aromatic rings. The number of nitrogens with one attached hydrogen (secondary N) is 1. The van der Waals surface area contributed by atoms with Crippen LogP contribution < -0.4 is 4.72 Å². The van der Waals surface area contributed by atoms with E-state index in [0.29, 0.717) is 0 Å². The largest absolute Gasteiger partial charge is 0.479 e. The summed E-state index contributed by atoms with van der Waals surface area (Å²) in [7, 11) is -3.87. The van der Waals surface area contributed by atoms with Crippen LogP contribution in [0.1, 0.15) is 0 Å². The van der Waals surface area contributed by atoms with E-state index < -0.39 is 28.6 Å². The molecule has 0 heterocycles. The van der Waals surface area contributed by atoms with E-state index in [1.54, 1.807) is 0 Å². The molecular formula is C9H10ClNO5S. The zero-order valence-corrected chi connectivity index (χ0v) is 10.1. The van der Waals surface area contributed by atoms with Crippen LogP contribution in [-0.2, 0) is 14.8 Å². The molecule has 0 unspecified atom stereocenters. The predicted molar refractivity (Wildman–Crippen MR) is 60.3 cm³/mol. The fourth-order valence-electron chi connectivity index (χ4n) is 0.993. The number of carbonyl (C=O) groups is 1. The van der Waals surface area contributed by atoms with Crippen LogP contribution in [0.15, 0.2) is 29.2 Å². The number of rotatable bonds is 5. The third kappa shape index (κ3) is 3.97. The highest BCUT2D eigenvalue weighted by atomic mass is 35.5. The van der Waals surface area contributed by atoms with E-state index in [1.165, 1.54) is 24.3 Å². The first-order chi connectivity index (χ1) is 7.83. The Bertz CT molecular complexity index is 516. The van der Waals surface area contributed by atoms with Gasteiger partial charge < -0.3 is 10.2 Å². The predicted octanol–water partition coefficient (Wildman–Crippen LogP) is 0.0638. The van der Waals surface area contributed by atoms with Gasteiger partial charge in [-0.25, -0.2) is 17.9 Å². The van der Waals surface area contributed by atoms with Crippen molar-refractivity contribution in [3.05, 3.63) is 29.3 Å². The highest BCUT2D eigenvalue weighted by molar-refractivity contribution is 7.89. The second kappa shape index (κ2) is 5.46. The first-order valence-electron chi connectivity index (χ1n) is 4.49. The summed E-state index contributed by atoms with van der Waals surface area (Å²) in [5, 5.41) is 17.6. The van der Waals surface area contributed by atoms with Gasteiger partial charge in [0, 0.05) is 11.6 Å². The van der Waals surface area contributed by atoms with Gasteiger partial charge >= 0.3 is 5.97 Å². The van der Waals surface area contributed by atoms with Crippen LogP contribution >= 0.6 is 11.6 Å². The van der Waals surface area contributed by atoms with Gasteiger partial charge in [0.15, 0.2) is 6.10 Å². The third-order valence-corrected chi connectivity index (χ3v) is 3.51. The summed E-state index contributed by atoms with van der Waals surface area (Å²) in [6, 6.07) is 5.48. The second-order valence-corrected chi connectivity index (χ2v) is 5.37. The van der Waals surface area contributed by atoms with Gasteiger partial charge in [-0.1, -0.05) is 17.7 Å². The fraction of sp³-hybridized carbons (Fsp3) is 0.222. The van der Waals surface area contributed by atoms with Crippen molar-refractivity contribution < 1.29 is 23.4 Å². The Morgan fingerprint density at radius 1 is 1.47 bits per heavy atom. The lowest BCUT2D eigenvalue weighted by atomic mass is 10.4. The molecule has 0 aliphatic rings. The number of aliphatic hydroxyl groups is 1. The summed E-state index contributed by atoms with van der Waals surface area (Å²) in [4.78, 5) is 10.2. The number of hydrogen-bond donors (Lipinski definition) is 3. The Hall–Kier alpha value is -1.15. The molecule has 6 nitrogen and oxygen atoms in total. The zero-order valence-electron chi connectivity index (χ0n) is 8.50. The van der Waals surface area contributed by atoms with Crippen molar-refractivity contribution in [3.63, 3.8) is 0 Å². The van der Waals surface area contributed by atoms with E-state index in [9.17, 15) is 13.2 Å². The molecule has 1 rings (SSSR count). The molecule has 8 heteroatoms. The first kappa shape index (κ1) is 13.9. The van der Waals surface area contributed by atoms with E-state index >= 15 is 0 Å². The highest BCUT2D eigenvalue weighted by Crippen LogP contribution is 2.14. The monoisotopic (exact) mass is 279 g/mol. The molecule has 0 spiro atoms. The highest BCUT2D eigenvalue weighted by Gasteiger charge is 2.19. The average molecular weight is 280 g/mol. The van der Waals surface area contributed by atoms with Crippen LogP contribution in [0.3, 0.4) is 0 Å². The molecule has 17 heavy (non-hydrogen) atoms. The van der Waals surface area contributed by atoms with Crippen LogP contribution in [0.5, 0.6) is 0 Å². The van der Waals surface area contributed by atoms with Crippen LogP contribution in [0, 0.1) is 0 Å². The Labute approximate surface area is 103 Å². The molecule has 0 saturated heterocycles. The Balaban J connectivity index is 2.79. The van der Waals surface area contributed by atoms with Crippen molar-refractivity contribution in [2.75, 3.05) is 6.54 Å². The van der Waals surface area contributed by atoms with Crippen LogP contribution in [0.4, 0.5) is 0 Å². The molecule has 0 amide bonds. The van der Waals surface area contributed by atoms with E-state index in [-0.39, 0.29) is 9.92 Å². The lowest BCUT2D eigenvalue weighted by Gasteiger charge is -2.08. The molecule has 0 aliphatic heterocycles. The summed E-state index contributed by atoms with van der Waals surface area (Å²) in [5.41, 5.74) is 0. The molecule has 0 aliphatic carbocycles. The maximum atomic E-state index is 11.6. The van der Waals surface area contributed by atoms with Gasteiger partial charge in [-0.05, 0) is 18.2 Å². The zero-order chi connectivity index (χ0) is 13.1. The number of aliphatic hydroxyl groups excluding tert-OH is 1. The number of halogens is 1. The van der Waals surface area contributed by atoms with Crippen molar-refractivity contribution in [1.29, 1.82) is 0 Å². The lowest BCUT2D eigenvalue weighted by Crippen LogP contribution is -2.36. The normalized spacial score (nSPS) is 13.3. The molecule has 94 valence electrons. The topological polar surface area (TPSA) is 104 Å². The van der Waals surface area contributed by atoms with Crippen molar-refractivity contribution in [3.8, 4) is 0 Å². The van der Waals surface area contributed by atoms with Gasteiger partial charge in [0.05, 0.1) is 4.90 Å². The Morgan fingerprint density at radius 3 is 2.65 bits per heavy atom. The van der Waals surface area contributed by atoms with Gasteiger partial charge in [0.2, 0.25) is 10.0 Å². The number of benzene rings is 1. The summed E-state index contributed by atoms with van der Waals surface area (Å²) in [5.74, 6) is -1.50. The van der Waals surface area contributed by atoms with Crippen LogP contribution in [0.2, 0.25) is 5.02 Å². The third-order valence-electron chi connectivity index (χ3n) is 1.86. The summed E-state index contributed by atoms with van der Waals surface area (Å²) < 4.78 is 25.2. The number of carboxylic acid groups (broad SMARTS) is 1. The Kier molecular flexibility index (Phi) is 4.47. The van der Waals surface area contributed by atoms with Crippen molar-refractivity contribution in [2.24, 2.45) is 0 Å². The average Bonchev–Trinajstić information content (AvgIpc) is 2.26. The molecule has 0 radical (unpaired) electrons. The second-order valence-electron chi connectivity index (χ2n) is 3.16. The van der Waals surface area contributed by atoms with Gasteiger partial charge in [-0.2, -0.15) is 0 Å². The number of aliphatic carboxylic acids is 1. The summed E-state index contributed by atoms with van der Waals surface area (Å²) >= 11 is 5.63. The summed E-state index contributed by atoms with van der Waals surface area (Å²) in [6.45, 7) is -0.607. The van der Waals surface area contributed by atoms with E-state index in [1.807, 2.05) is 4.72 Å². The van der Waals surface area contributed by atoms with Crippen LogP contribution in [-0.4, -0.2) is 37.2 Å². The van der Waals surface area contributed by atoms with Gasteiger partial charge in [-0.3, -0.25) is 0 Å². The number of carboxylic acids is 1. The molecule has 0 saturated carbocycles. The minimum Gasteiger partial charge on any atom is -0.479 e. The number of hydrogen-bond acceptors (Lipinski definition) is 4. The standard InChI is InChI=1S/C9H10ClNO5S/c10-6-2-1-3-7(4-6)17(15,16)11-5-8(12)9(13)14/h1-4,8,11-12H,5H2,(H,13,14)/t8-/m0/s1. The summed E-state index contributed by atoms with van der Waals surface area (Å²) in [6.07, 6.45) is -1.79. The Morgan fingerprint density at radius 2 is 2.12 bits per heavy atom. The number of sulfonamides is 1. The molecule has 0 bridgehead atoms. The van der Waals surface area contributed by atoms with Gasteiger partial charge in [0.25, 0.3) is 0 Å². The van der Waals surface area contributed by atoms with Crippen molar-refractivity contribution in [2.45, 2.75) is 11.0 Å². The molecule has 3 N–H and O–H groups in total. The molecule has 1 aromatic carbocycles. The van der Waals surface area contributed by atoms with E-state index in [2.05, 4.69) is 0 Å². The maximum absolute atomic E-state index is 11.6.